The molecular formula is C14H20N2O. The number of amides is 1. The van der Waals surface area contributed by atoms with Crippen LogP contribution < -0.4 is 10.6 Å². The molecule has 1 aliphatic rings. The van der Waals surface area contributed by atoms with Gasteiger partial charge in [-0.1, -0.05) is 36.8 Å². The maximum Gasteiger partial charge on any atom is 0.237 e. The van der Waals surface area contributed by atoms with Crippen molar-refractivity contribution in [3.8, 4) is 0 Å². The van der Waals surface area contributed by atoms with E-state index in [9.17, 15) is 4.79 Å². The number of hydrogen-bond donors (Lipinski definition) is 2. The lowest BCUT2D eigenvalue weighted by atomic mass is 10.0. The number of nitrogens with one attached hydrogen (secondary N) is 2. The fourth-order valence-corrected chi connectivity index (χ4v) is 2.19. The molecule has 1 fully saturated rings. The third-order valence-electron chi connectivity index (χ3n) is 3.40. The summed E-state index contributed by atoms with van der Waals surface area (Å²) in [4.78, 5) is 11.9. The summed E-state index contributed by atoms with van der Waals surface area (Å²) in [5, 5.41) is 6.23. The Morgan fingerprint density at radius 2 is 2.12 bits per heavy atom. The average molecular weight is 232 g/mol. The van der Waals surface area contributed by atoms with Gasteiger partial charge in [0.05, 0.1) is 6.04 Å². The van der Waals surface area contributed by atoms with Crippen molar-refractivity contribution in [2.24, 2.45) is 5.92 Å². The van der Waals surface area contributed by atoms with E-state index in [0.29, 0.717) is 12.5 Å². The van der Waals surface area contributed by atoms with Crippen LogP contribution in [0.1, 0.15) is 24.5 Å². The largest absolute Gasteiger partial charge is 0.351 e. The number of hydrogen-bond acceptors (Lipinski definition) is 2. The van der Waals surface area contributed by atoms with Gasteiger partial charge in [0.2, 0.25) is 5.91 Å². The monoisotopic (exact) mass is 232 g/mol. The SMILES string of the molecule is Cc1ccc(CNC(=O)C2NCCC2C)cc1. The Hall–Kier alpha value is -1.35. The molecule has 1 aliphatic heterocycles. The van der Waals surface area contributed by atoms with Crippen molar-refractivity contribution >= 4 is 5.91 Å². The number of carbonyl (C=O) groups excluding carboxylic acids is 1. The highest BCUT2D eigenvalue weighted by Gasteiger charge is 2.28. The normalized spacial score (nSPS) is 23.6. The molecule has 2 atom stereocenters. The lowest BCUT2D eigenvalue weighted by molar-refractivity contribution is -0.123. The molecule has 1 heterocycles. The molecule has 3 nitrogen and oxygen atoms in total. The van der Waals surface area contributed by atoms with Crippen molar-refractivity contribution in [1.29, 1.82) is 0 Å². The molecule has 1 aromatic rings. The highest BCUT2D eigenvalue weighted by molar-refractivity contribution is 5.82. The van der Waals surface area contributed by atoms with Crippen molar-refractivity contribution in [2.45, 2.75) is 32.9 Å². The van der Waals surface area contributed by atoms with Gasteiger partial charge in [-0.3, -0.25) is 4.79 Å². The van der Waals surface area contributed by atoms with Gasteiger partial charge in [0, 0.05) is 6.54 Å². The van der Waals surface area contributed by atoms with Crippen molar-refractivity contribution in [2.75, 3.05) is 6.54 Å². The Bertz CT molecular complexity index is 386. The first-order valence-corrected chi connectivity index (χ1v) is 6.23. The number of benzene rings is 1. The van der Waals surface area contributed by atoms with Gasteiger partial charge in [-0.15, -0.1) is 0 Å². The second-order valence-electron chi connectivity index (χ2n) is 4.90. The van der Waals surface area contributed by atoms with Crippen LogP contribution in [0, 0.1) is 12.8 Å². The molecule has 92 valence electrons. The second kappa shape index (κ2) is 5.32. The predicted molar refractivity (Wildman–Crippen MR) is 68.6 cm³/mol. The van der Waals surface area contributed by atoms with Gasteiger partial charge >= 0.3 is 0 Å². The molecule has 0 aliphatic carbocycles. The molecule has 0 saturated carbocycles. The maximum absolute atomic E-state index is 11.9. The summed E-state index contributed by atoms with van der Waals surface area (Å²) in [6.07, 6.45) is 1.09. The number of carbonyl (C=O) groups is 1. The van der Waals surface area contributed by atoms with E-state index in [1.807, 2.05) is 0 Å². The highest BCUT2D eigenvalue weighted by Crippen LogP contribution is 2.14. The quantitative estimate of drug-likeness (QED) is 0.831. The van der Waals surface area contributed by atoms with Gasteiger partial charge in [0.25, 0.3) is 0 Å². The smallest absolute Gasteiger partial charge is 0.237 e. The van der Waals surface area contributed by atoms with E-state index in [4.69, 9.17) is 0 Å². The van der Waals surface area contributed by atoms with Crippen LogP contribution in [0.2, 0.25) is 0 Å². The van der Waals surface area contributed by atoms with Crippen LogP contribution >= 0.6 is 0 Å². The van der Waals surface area contributed by atoms with E-state index in [1.54, 1.807) is 0 Å². The average Bonchev–Trinajstić information content (AvgIpc) is 2.74. The minimum atomic E-state index is -0.0135. The summed E-state index contributed by atoms with van der Waals surface area (Å²) >= 11 is 0. The van der Waals surface area contributed by atoms with Gasteiger partial charge in [-0.05, 0) is 31.4 Å². The van der Waals surface area contributed by atoms with Crippen LogP contribution in [0.15, 0.2) is 24.3 Å². The van der Waals surface area contributed by atoms with Gasteiger partial charge < -0.3 is 10.6 Å². The van der Waals surface area contributed by atoms with Crippen LogP contribution in [-0.2, 0) is 11.3 Å². The molecule has 2 N–H and O–H groups in total. The zero-order valence-corrected chi connectivity index (χ0v) is 10.5. The van der Waals surface area contributed by atoms with Crippen LogP contribution in [-0.4, -0.2) is 18.5 Å². The first-order valence-electron chi connectivity index (χ1n) is 6.23. The van der Waals surface area contributed by atoms with Crippen LogP contribution in [0.5, 0.6) is 0 Å². The van der Waals surface area contributed by atoms with E-state index >= 15 is 0 Å². The lowest BCUT2D eigenvalue weighted by Crippen LogP contribution is -2.42. The summed E-state index contributed by atoms with van der Waals surface area (Å²) in [5.74, 6) is 0.559. The maximum atomic E-state index is 11.9. The highest BCUT2D eigenvalue weighted by atomic mass is 16.2. The Morgan fingerprint density at radius 3 is 2.71 bits per heavy atom. The van der Waals surface area contributed by atoms with Crippen LogP contribution in [0.4, 0.5) is 0 Å². The molecule has 2 rings (SSSR count). The topological polar surface area (TPSA) is 41.1 Å². The van der Waals surface area contributed by atoms with Gasteiger partial charge in [0.1, 0.15) is 0 Å². The summed E-state index contributed by atoms with van der Waals surface area (Å²) in [7, 11) is 0. The summed E-state index contributed by atoms with van der Waals surface area (Å²) < 4.78 is 0. The van der Waals surface area contributed by atoms with Gasteiger partial charge in [-0.2, -0.15) is 0 Å². The minimum absolute atomic E-state index is 0.0135. The Labute approximate surface area is 103 Å². The molecule has 1 amide bonds. The summed E-state index contributed by atoms with van der Waals surface area (Å²) in [6, 6.07) is 8.23. The fourth-order valence-electron chi connectivity index (χ4n) is 2.19. The van der Waals surface area contributed by atoms with Crippen molar-refractivity contribution < 1.29 is 4.79 Å². The molecule has 1 saturated heterocycles. The third-order valence-corrected chi connectivity index (χ3v) is 3.40. The molecule has 2 unspecified atom stereocenters. The molecule has 17 heavy (non-hydrogen) atoms. The van der Waals surface area contributed by atoms with E-state index in [0.717, 1.165) is 18.5 Å². The zero-order valence-electron chi connectivity index (χ0n) is 10.5. The Kier molecular flexibility index (Phi) is 3.79. The van der Waals surface area contributed by atoms with E-state index in [1.165, 1.54) is 5.56 Å². The van der Waals surface area contributed by atoms with Crippen molar-refractivity contribution in [3.63, 3.8) is 0 Å². The molecule has 0 radical (unpaired) electrons. The van der Waals surface area contributed by atoms with E-state index in [2.05, 4.69) is 48.7 Å². The molecule has 1 aromatic carbocycles. The first-order chi connectivity index (χ1) is 8.16. The molecule has 0 spiro atoms. The minimum Gasteiger partial charge on any atom is -0.351 e. The second-order valence-corrected chi connectivity index (χ2v) is 4.90. The van der Waals surface area contributed by atoms with E-state index in [-0.39, 0.29) is 11.9 Å². The van der Waals surface area contributed by atoms with Crippen molar-refractivity contribution in [3.05, 3.63) is 35.4 Å². The van der Waals surface area contributed by atoms with Gasteiger partial charge in [0.15, 0.2) is 0 Å². The Balaban J connectivity index is 1.85. The van der Waals surface area contributed by atoms with Crippen LogP contribution in [0.3, 0.4) is 0 Å². The van der Waals surface area contributed by atoms with Gasteiger partial charge in [-0.25, -0.2) is 0 Å². The summed E-state index contributed by atoms with van der Waals surface area (Å²) in [6.45, 7) is 5.75. The lowest BCUT2D eigenvalue weighted by Gasteiger charge is -2.15. The Morgan fingerprint density at radius 1 is 1.41 bits per heavy atom. The van der Waals surface area contributed by atoms with E-state index < -0.39 is 0 Å². The van der Waals surface area contributed by atoms with Crippen molar-refractivity contribution in [1.82, 2.24) is 10.6 Å². The standard InChI is InChI=1S/C14H20N2O/c1-10-3-5-12(6-4-10)9-16-14(17)13-11(2)7-8-15-13/h3-6,11,13,15H,7-9H2,1-2H3,(H,16,17). The van der Waals surface area contributed by atoms with Crippen LogP contribution in [0.25, 0.3) is 0 Å². The molecule has 3 heteroatoms. The number of rotatable bonds is 3. The first kappa shape index (κ1) is 12.1. The summed E-state index contributed by atoms with van der Waals surface area (Å²) in [5.41, 5.74) is 2.39. The molecular weight excluding hydrogens is 212 g/mol. The zero-order chi connectivity index (χ0) is 12.3. The fraction of sp³-hybridized carbons (Fsp3) is 0.500. The molecule has 0 aromatic heterocycles. The predicted octanol–water partition coefficient (Wildman–Crippen LogP) is 1.61. The third kappa shape index (κ3) is 3.07. The molecule has 0 bridgehead atoms. The number of aryl methyl sites for hydroxylation is 1.